The van der Waals surface area contributed by atoms with Crippen LogP contribution in [0, 0.1) is 5.92 Å². The largest absolute Gasteiger partial charge is 0.352 e. The van der Waals surface area contributed by atoms with E-state index in [2.05, 4.69) is 10.6 Å². The van der Waals surface area contributed by atoms with Crippen molar-refractivity contribution in [2.24, 2.45) is 11.7 Å². The van der Waals surface area contributed by atoms with Gasteiger partial charge in [0.1, 0.15) is 0 Å². The highest BCUT2D eigenvalue weighted by molar-refractivity contribution is 5.92. The van der Waals surface area contributed by atoms with E-state index >= 15 is 0 Å². The molecule has 0 bridgehead atoms. The summed E-state index contributed by atoms with van der Waals surface area (Å²) >= 11 is 0. The molecule has 0 heterocycles. The summed E-state index contributed by atoms with van der Waals surface area (Å²) in [6, 6.07) is 7.65. The fourth-order valence-corrected chi connectivity index (χ4v) is 2.92. The molecule has 0 aromatic heterocycles. The fourth-order valence-electron chi connectivity index (χ4n) is 2.92. The first-order valence-corrected chi connectivity index (χ1v) is 8.55. The van der Waals surface area contributed by atoms with Crippen LogP contribution in [0.15, 0.2) is 24.3 Å². The van der Waals surface area contributed by atoms with Crippen molar-refractivity contribution in [2.45, 2.75) is 51.5 Å². The number of anilines is 1. The average Bonchev–Trinajstić information content (AvgIpc) is 2.59. The molecule has 126 valence electrons. The highest BCUT2D eigenvalue weighted by atomic mass is 16.2. The van der Waals surface area contributed by atoms with E-state index in [0.29, 0.717) is 25.9 Å². The van der Waals surface area contributed by atoms with Crippen LogP contribution in [0.2, 0.25) is 0 Å². The first-order valence-electron chi connectivity index (χ1n) is 8.55. The molecule has 0 radical (unpaired) electrons. The highest BCUT2D eigenvalue weighted by Crippen LogP contribution is 2.25. The predicted molar refractivity (Wildman–Crippen MR) is 91.8 cm³/mol. The summed E-state index contributed by atoms with van der Waals surface area (Å²) in [6.45, 7) is 0.993. The zero-order chi connectivity index (χ0) is 16.5. The Morgan fingerprint density at radius 1 is 1.17 bits per heavy atom. The molecule has 1 aromatic carbocycles. The summed E-state index contributed by atoms with van der Waals surface area (Å²) in [6.07, 6.45) is 6.66. The van der Waals surface area contributed by atoms with E-state index < -0.39 is 0 Å². The SMILES string of the molecule is NCCCC(=O)NCc1cccc(NC(=O)C2CCCCC2)c1. The Labute approximate surface area is 138 Å². The summed E-state index contributed by atoms with van der Waals surface area (Å²) < 4.78 is 0. The first-order chi connectivity index (χ1) is 11.2. The summed E-state index contributed by atoms with van der Waals surface area (Å²) in [4.78, 5) is 23.9. The molecule has 2 rings (SSSR count). The lowest BCUT2D eigenvalue weighted by Crippen LogP contribution is -2.25. The third-order valence-electron chi connectivity index (χ3n) is 4.27. The maximum absolute atomic E-state index is 12.3. The van der Waals surface area contributed by atoms with E-state index in [0.717, 1.165) is 36.9 Å². The normalized spacial score (nSPS) is 15.2. The summed E-state index contributed by atoms with van der Waals surface area (Å²) in [7, 11) is 0. The van der Waals surface area contributed by atoms with Crippen LogP contribution in [0.3, 0.4) is 0 Å². The van der Waals surface area contributed by atoms with E-state index in [1.807, 2.05) is 24.3 Å². The second-order valence-corrected chi connectivity index (χ2v) is 6.19. The number of nitrogens with one attached hydrogen (secondary N) is 2. The quantitative estimate of drug-likeness (QED) is 0.722. The number of rotatable bonds is 7. The van der Waals surface area contributed by atoms with Gasteiger partial charge in [0.05, 0.1) is 0 Å². The first kappa shape index (κ1) is 17.5. The Kier molecular flexibility index (Phi) is 7.07. The molecule has 5 nitrogen and oxygen atoms in total. The summed E-state index contributed by atoms with van der Waals surface area (Å²) in [5.74, 6) is 0.268. The predicted octanol–water partition coefficient (Wildman–Crippen LogP) is 2.56. The Morgan fingerprint density at radius 2 is 1.96 bits per heavy atom. The van der Waals surface area contributed by atoms with Gasteiger partial charge in [-0.25, -0.2) is 0 Å². The molecular formula is C18H27N3O2. The van der Waals surface area contributed by atoms with Crippen LogP contribution in [0.5, 0.6) is 0 Å². The minimum atomic E-state index is 0.00657. The standard InChI is InChI=1S/C18H27N3O2/c19-11-5-10-17(22)20-13-14-6-4-9-16(12-14)21-18(23)15-7-2-1-3-8-15/h4,6,9,12,15H,1-3,5,7-8,10-11,13,19H2,(H,20,22)(H,21,23). The zero-order valence-corrected chi connectivity index (χ0v) is 13.6. The van der Waals surface area contributed by atoms with Crippen LogP contribution in [0.25, 0.3) is 0 Å². The van der Waals surface area contributed by atoms with Crippen LogP contribution >= 0.6 is 0 Å². The van der Waals surface area contributed by atoms with Crippen molar-refractivity contribution in [3.05, 3.63) is 29.8 Å². The monoisotopic (exact) mass is 317 g/mol. The average molecular weight is 317 g/mol. The van der Waals surface area contributed by atoms with Gasteiger partial charge in [0.2, 0.25) is 11.8 Å². The topological polar surface area (TPSA) is 84.2 Å². The van der Waals surface area contributed by atoms with Gasteiger partial charge in [0, 0.05) is 24.6 Å². The third-order valence-corrected chi connectivity index (χ3v) is 4.27. The van der Waals surface area contributed by atoms with Crippen molar-refractivity contribution < 1.29 is 9.59 Å². The molecule has 0 saturated heterocycles. The van der Waals surface area contributed by atoms with E-state index in [9.17, 15) is 9.59 Å². The molecule has 1 aliphatic carbocycles. The Morgan fingerprint density at radius 3 is 2.70 bits per heavy atom. The lowest BCUT2D eigenvalue weighted by molar-refractivity contribution is -0.121. The second kappa shape index (κ2) is 9.30. The van der Waals surface area contributed by atoms with E-state index in [1.54, 1.807) is 0 Å². The van der Waals surface area contributed by atoms with Crippen LogP contribution in [0.4, 0.5) is 5.69 Å². The number of benzene rings is 1. The van der Waals surface area contributed by atoms with Gasteiger partial charge < -0.3 is 16.4 Å². The number of amides is 2. The van der Waals surface area contributed by atoms with E-state index in [1.165, 1.54) is 6.42 Å². The maximum Gasteiger partial charge on any atom is 0.227 e. The minimum absolute atomic E-state index is 0.00657. The molecule has 0 atom stereocenters. The van der Waals surface area contributed by atoms with Gasteiger partial charge >= 0.3 is 0 Å². The molecular weight excluding hydrogens is 290 g/mol. The highest BCUT2D eigenvalue weighted by Gasteiger charge is 2.20. The van der Waals surface area contributed by atoms with Crippen LogP contribution < -0.4 is 16.4 Å². The van der Waals surface area contributed by atoms with Gasteiger partial charge in [0.15, 0.2) is 0 Å². The van der Waals surface area contributed by atoms with Crippen molar-refractivity contribution in [2.75, 3.05) is 11.9 Å². The number of carbonyl (C=O) groups is 2. The smallest absolute Gasteiger partial charge is 0.227 e. The summed E-state index contributed by atoms with van der Waals surface area (Å²) in [5.41, 5.74) is 7.17. The molecule has 0 unspecified atom stereocenters. The Bertz CT molecular complexity index is 525. The lowest BCUT2D eigenvalue weighted by Gasteiger charge is -2.20. The molecule has 0 spiro atoms. The Hall–Kier alpha value is -1.88. The Balaban J connectivity index is 1.84. The molecule has 1 fully saturated rings. The molecule has 23 heavy (non-hydrogen) atoms. The van der Waals surface area contributed by atoms with Gasteiger partial charge in [0.25, 0.3) is 0 Å². The summed E-state index contributed by atoms with van der Waals surface area (Å²) in [5, 5.41) is 5.88. The van der Waals surface area contributed by atoms with Gasteiger partial charge in [-0.15, -0.1) is 0 Å². The molecule has 1 saturated carbocycles. The number of carbonyl (C=O) groups excluding carboxylic acids is 2. The van der Waals surface area contributed by atoms with Crippen LogP contribution in [-0.4, -0.2) is 18.4 Å². The molecule has 1 aliphatic rings. The van der Waals surface area contributed by atoms with E-state index in [-0.39, 0.29) is 17.7 Å². The number of nitrogens with two attached hydrogens (primary N) is 1. The van der Waals surface area contributed by atoms with Crippen molar-refractivity contribution in [3.63, 3.8) is 0 Å². The molecule has 5 heteroatoms. The fraction of sp³-hybridized carbons (Fsp3) is 0.556. The number of hydrogen-bond acceptors (Lipinski definition) is 3. The zero-order valence-electron chi connectivity index (χ0n) is 13.6. The third kappa shape index (κ3) is 6.02. The van der Waals surface area contributed by atoms with Crippen LogP contribution in [0.1, 0.15) is 50.5 Å². The lowest BCUT2D eigenvalue weighted by atomic mass is 9.88. The van der Waals surface area contributed by atoms with Crippen molar-refractivity contribution in [3.8, 4) is 0 Å². The van der Waals surface area contributed by atoms with Gasteiger partial charge in [-0.05, 0) is 43.5 Å². The van der Waals surface area contributed by atoms with Gasteiger partial charge in [-0.3, -0.25) is 9.59 Å². The van der Waals surface area contributed by atoms with Crippen molar-refractivity contribution in [1.82, 2.24) is 5.32 Å². The van der Waals surface area contributed by atoms with Gasteiger partial charge in [-0.1, -0.05) is 31.4 Å². The van der Waals surface area contributed by atoms with Gasteiger partial charge in [-0.2, -0.15) is 0 Å². The number of hydrogen-bond donors (Lipinski definition) is 3. The minimum Gasteiger partial charge on any atom is -0.352 e. The van der Waals surface area contributed by atoms with Crippen LogP contribution in [-0.2, 0) is 16.1 Å². The van der Waals surface area contributed by atoms with E-state index in [4.69, 9.17) is 5.73 Å². The van der Waals surface area contributed by atoms with Crippen molar-refractivity contribution in [1.29, 1.82) is 0 Å². The van der Waals surface area contributed by atoms with Crippen molar-refractivity contribution >= 4 is 17.5 Å². The molecule has 4 N–H and O–H groups in total. The maximum atomic E-state index is 12.3. The molecule has 2 amide bonds. The second-order valence-electron chi connectivity index (χ2n) is 6.19. The molecule has 1 aromatic rings. The molecule has 0 aliphatic heterocycles.